The molecule has 0 bridgehead atoms. The van der Waals surface area contributed by atoms with E-state index < -0.39 is 0 Å². The average Bonchev–Trinajstić information content (AvgIpc) is 3.30. The molecule has 1 aliphatic carbocycles. The number of nitrogens with zero attached hydrogens (tertiary/aromatic N) is 5. The van der Waals surface area contributed by atoms with Crippen molar-refractivity contribution in [3.8, 4) is 11.1 Å². The summed E-state index contributed by atoms with van der Waals surface area (Å²) in [7, 11) is 0. The van der Waals surface area contributed by atoms with E-state index in [0.717, 1.165) is 53.7 Å². The molecule has 0 atom stereocenters. The standard InChI is InChI=1S/C23H28FN7/c1-13(2)31-14(3)27-22-19(24)10-15(11-20(22)31)18-8-9-30-21(18)12-26-23(29-30)28-17-6-4-16(25)5-7-17/h8-13,16-17H,4-7,25H2,1-3H3,(H,28,29). The topological polar surface area (TPSA) is 86.1 Å². The first kappa shape index (κ1) is 19.9. The van der Waals surface area contributed by atoms with Gasteiger partial charge in [0, 0.05) is 29.9 Å². The van der Waals surface area contributed by atoms with Gasteiger partial charge in [0.1, 0.15) is 11.3 Å². The average molecular weight is 422 g/mol. The summed E-state index contributed by atoms with van der Waals surface area (Å²) in [5.41, 5.74) is 9.73. The number of aromatic nitrogens is 5. The Morgan fingerprint density at radius 1 is 1.16 bits per heavy atom. The molecule has 0 saturated heterocycles. The van der Waals surface area contributed by atoms with Crippen LogP contribution in [0.2, 0.25) is 0 Å². The predicted octanol–water partition coefficient (Wildman–Crippen LogP) is 4.46. The van der Waals surface area contributed by atoms with Crippen molar-refractivity contribution in [3.63, 3.8) is 0 Å². The maximum atomic E-state index is 14.9. The van der Waals surface area contributed by atoms with Crippen molar-refractivity contribution in [2.45, 2.75) is 64.6 Å². The molecular weight excluding hydrogens is 393 g/mol. The van der Waals surface area contributed by atoms with E-state index in [4.69, 9.17) is 5.73 Å². The van der Waals surface area contributed by atoms with Gasteiger partial charge in [0.25, 0.3) is 0 Å². The fraction of sp³-hybridized carbons (Fsp3) is 0.435. The van der Waals surface area contributed by atoms with Gasteiger partial charge in [-0.1, -0.05) is 0 Å². The second kappa shape index (κ2) is 7.60. The van der Waals surface area contributed by atoms with Crippen molar-refractivity contribution in [2.24, 2.45) is 5.73 Å². The normalized spacial score (nSPS) is 19.5. The lowest BCUT2D eigenvalue weighted by atomic mass is 9.92. The number of imidazole rings is 1. The largest absolute Gasteiger partial charge is 0.350 e. The van der Waals surface area contributed by atoms with E-state index in [1.165, 1.54) is 0 Å². The molecule has 0 aliphatic heterocycles. The predicted molar refractivity (Wildman–Crippen MR) is 121 cm³/mol. The van der Waals surface area contributed by atoms with Crippen LogP contribution in [0.4, 0.5) is 10.3 Å². The Balaban J connectivity index is 1.50. The zero-order valence-corrected chi connectivity index (χ0v) is 18.1. The van der Waals surface area contributed by atoms with Crippen LogP contribution in [0.1, 0.15) is 51.4 Å². The fourth-order valence-electron chi connectivity index (χ4n) is 4.73. The van der Waals surface area contributed by atoms with Crippen LogP contribution in [-0.4, -0.2) is 36.2 Å². The maximum Gasteiger partial charge on any atom is 0.241 e. The van der Waals surface area contributed by atoms with Gasteiger partial charge in [-0.25, -0.2) is 18.9 Å². The van der Waals surface area contributed by atoms with E-state index in [2.05, 4.69) is 38.8 Å². The highest BCUT2D eigenvalue weighted by molar-refractivity contribution is 5.88. The minimum absolute atomic E-state index is 0.191. The maximum absolute atomic E-state index is 14.9. The van der Waals surface area contributed by atoms with Crippen LogP contribution in [-0.2, 0) is 0 Å². The van der Waals surface area contributed by atoms with Crippen LogP contribution < -0.4 is 11.1 Å². The minimum atomic E-state index is -0.316. The van der Waals surface area contributed by atoms with E-state index in [1.54, 1.807) is 16.8 Å². The molecule has 0 radical (unpaired) electrons. The number of nitrogens with one attached hydrogen (secondary N) is 1. The molecule has 0 spiro atoms. The van der Waals surface area contributed by atoms with E-state index in [1.807, 2.05) is 25.3 Å². The second-order valence-electron chi connectivity index (χ2n) is 8.85. The number of nitrogens with two attached hydrogens (primary N) is 1. The summed E-state index contributed by atoms with van der Waals surface area (Å²) in [5, 5.41) is 8.05. The number of benzene rings is 1. The molecule has 3 heterocycles. The summed E-state index contributed by atoms with van der Waals surface area (Å²) in [5.74, 6) is 1.10. The van der Waals surface area contributed by atoms with Gasteiger partial charge >= 0.3 is 0 Å². The third kappa shape index (κ3) is 3.54. The van der Waals surface area contributed by atoms with Gasteiger partial charge in [0.2, 0.25) is 5.95 Å². The Kier molecular flexibility index (Phi) is 4.89. The molecule has 1 aliphatic rings. The summed E-state index contributed by atoms with van der Waals surface area (Å²) >= 11 is 0. The van der Waals surface area contributed by atoms with Crippen LogP contribution >= 0.6 is 0 Å². The van der Waals surface area contributed by atoms with Crippen LogP contribution in [0.3, 0.4) is 0 Å². The molecule has 3 aromatic heterocycles. The van der Waals surface area contributed by atoms with Gasteiger partial charge in [-0.2, -0.15) is 0 Å². The molecule has 8 heteroatoms. The molecule has 0 amide bonds. The zero-order chi connectivity index (χ0) is 21.7. The van der Waals surface area contributed by atoms with Crippen LogP contribution in [0.15, 0.2) is 30.6 Å². The van der Waals surface area contributed by atoms with Gasteiger partial charge in [0.15, 0.2) is 5.82 Å². The van der Waals surface area contributed by atoms with Gasteiger partial charge in [-0.05, 0) is 70.2 Å². The van der Waals surface area contributed by atoms with Crippen molar-refractivity contribution in [2.75, 3.05) is 5.32 Å². The summed E-state index contributed by atoms with van der Waals surface area (Å²) < 4.78 is 18.8. The Labute approximate surface area is 180 Å². The monoisotopic (exact) mass is 421 g/mol. The lowest BCUT2D eigenvalue weighted by molar-refractivity contribution is 0.409. The molecule has 5 rings (SSSR count). The lowest BCUT2D eigenvalue weighted by Gasteiger charge is -2.26. The Bertz CT molecular complexity index is 1250. The van der Waals surface area contributed by atoms with E-state index in [-0.39, 0.29) is 11.9 Å². The lowest BCUT2D eigenvalue weighted by Crippen LogP contribution is -2.33. The van der Waals surface area contributed by atoms with Gasteiger partial charge in [-0.3, -0.25) is 0 Å². The molecule has 7 nitrogen and oxygen atoms in total. The quantitative estimate of drug-likeness (QED) is 0.508. The summed E-state index contributed by atoms with van der Waals surface area (Å²) in [6.45, 7) is 6.07. The van der Waals surface area contributed by atoms with E-state index >= 15 is 0 Å². The third-order valence-corrected chi connectivity index (χ3v) is 6.27. The highest BCUT2D eigenvalue weighted by atomic mass is 19.1. The Hall–Kier alpha value is -3.00. The number of anilines is 1. The number of hydrogen-bond acceptors (Lipinski definition) is 5. The summed E-state index contributed by atoms with van der Waals surface area (Å²) in [6.07, 6.45) is 7.79. The van der Waals surface area contributed by atoms with E-state index in [9.17, 15) is 4.39 Å². The summed E-state index contributed by atoms with van der Waals surface area (Å²) in [4.78, 5) is 8.96. The van der Waals surface area contributed by atoms with Crippen LogP contribution in [0.5, 0.6) is 0 Å². The molecule has 1 saturated carbocycles. The smallest absolute Gasteiger partial charge is 0.241 e. The zero-order valence-electron chi connectivity index (χ0n) is 18.1. The minimum Gasteiger partial charge on any atom is -0.350 e. The molecular formula is C23H28FN7. The first-order valence-electron chi connectivity index (χ1n) is 11.0. The fourth-order valence-corrected chi connectivity index (χ4v) is 4.73. The molecule has 1 fully saturated rings. The number of hydrogen-bond donors (Lipinski definition) is 2. The number of halogens is 1. The number of aryl methyl sites for hydroxylation is 1. The van der Waals surface area contributed by atoms with Crippen molar-refractivity contribution in [1.82, 2.24) is 24.1 Å². The van der Waals surface area contributed by atoms with Crippen molar-refractivity contribution in [3.05, 3.63) is 42.2 Å². The van der Waals surface area contributed by atoms with Crippen molar-refractivity contribution >= 4 is 22.5 Å². The molecule has 3 N–H and O–H groups in total. The van der Waals surface area contributed by atoms with E-state index in [0.29, 0.717) is 23.5 Å². The molecule has 4 aromatic rings. The highest BCUT2D eigenvalue weighted by Gasteiger charge is 2.20. The first-order valence-corrected chi connectivity index (χ1v) is 11.0. The molecule has 0 unspecified atom stereocenters. The van der Waals surface area contributed by atoms with Crippen LogP contribution in [0.25, 0.3) is 27.7 Å². The van der Waals surface area contributed by atoms with Gasteiger partial charge in [0.05, 0.1) is 17.2 Å². The molecule has 162 valence electrons. The molecule has 31 heavy (non-hydrogen) atoms. The molecule has 1 aromatic carbocycles. The third-order valence-electron chi connectivity index (χ3n) is 6.27. The number of rotatable bonds is 4. The van der Waals surface area contributed by atoms with Crippen molar-refractivity contribution < 1.29 is 4.39 Å². The Morgan fingerprint density at radius 3 is 2.68 bits per heavy atom. The highest BCUT2D eigenvalue weighted by Crippen LogP contribution is 2.32. The first-order chi connectivity index (χ1) is 14.9. The van der Waals surface area contributed by atoms with Crippen molar-refractivity contribution in [1.29, 1.82) is 0 Å². The number of fused-ring (bicyclic) bond motifs is 2. The summed E-state index contributed by atoms with van der Waals surface area (Å²) in [6, 6.07) is 6.36. The van der Waals surface area contributed by atoms with Gasteiger partial charge < -0.3 is 15.6 Å². The van der Waals surface area contributed by atoms with Gasteiger partial charge in [-0.15, -0.1) is 5.10 Å². The van der Waals surface area contributed by atoms with Crippen LogP contribution in [0, 0.1) is 12.7 Å². The second-order valence-corrected chi connectivity index (χ2v) is 8.85. The SMILES string of the molecule is Cc1nc2c(F)cc(-c3ccn4nc(NC5CCC(N)CC5)ncc34)cc2n1C(C)C. The Morgan fingerprint density at radius 2 is 1.94 bits per heavy atom.